The van der Waals surface area contributed by atoms with Gasteiger partial charge in [-0.25, -0.2) is 0 Å². The molecule has 0 bridgehead atoms. The van der Waals surface area contributed by atoms with Gasteiger partial charge in [-0.2, -0.15) is 0 Å². The first kappa shape index (κ1) is 12.1. The fourth-order valence-electron chi connectivity index (χ4n) is 2.48. The smallest absolute Gasteiger partial charge is 0.321 e. The lowest BCUT2D eigenvalue weighted by Crippen LogP contribution is -2.46. The van der Waals surface area contributed by atoms with E-state index >= 15 is 0 Å². The van der Waals surface area contributed by atoms with Crippen LogP contribution in [0.25, 0.3) is 0 Å². The molecule has 1 aliphatic heterocycles. The van der Waals surface area contributed by atoms with Crippen molar-refractivity contribution in [2.24, 2.45) is 5.92 Å². The summed E-state index contributed by atoms with van der Waals surface area (Å²) in [6.45, 7) is 5.84. The van der Waals surface area contributed by atoms with Gasteiger partial charge in [-0.3, -0.25) is 9.69 Å². The highest BCUT2D eigenvalue weighted by atomic mass is 16.4. The molecule has 3 nitrogen and oxygen atoms in total. The summed E-state index contributed by atoms with van der Waals surface area (Å²) in [4.78, 5) is 13.4. The molecule has 1 N–H and O–H groups in total. The third kappa shape index (κ3) is 2.67. The second kappa shape index (κ2) is 4.88. The van der Waals surface area contributed by atoms with Crippen molar-refractivity contribution in [3.8, 4) is 0 Å². The first-order valence-electron chi connectivity index (χ1n) is 6.11. The Hall–Kier alpha value is -1.35. The minimum atomic E-state index is -0.708. The maximum atomic E-state index is 11.3. The van der Waals surface area contributed by atoms with E-state index < -0.39 is 5.97 Å². The monoisotopic (exact) mass is 233 g/mol. The number of carbonyl (C=O) groups is 1. The Morgan fingerprint density at radius 1 is 1.41 bits per heavy atom. The van der Waals surface area contributed by atoms with Crippen molar-refractivity contribution >= 4 is 5.97 Å². The number of carboxylic acids is 1. The molecule has 1 atom stereocenters. The van der Waals surface area contributed by atoms with Crippen molar-refractivity contribution in [3.05, 3.63) is 35.4 Å². The molecule has 1 aromatic rings. The van der Waals surface area contributed by atoms with E-state index in [0.717, 1.165) is 13.1 Å². The zero-order valence-electron chi connectivity index (χ0n) is 10.4. The highest BCUT2D eigenvalue weighted by Crippen LogP contribution is 2.24. The molecule has 0 fully saturated rings. The molecule has 2 rings (SSSR count). The van der Waals surface area contributed by atoms with Crippen molar-refractivity contribution in [2.75, 3.05) is 6.54 Å². The molecule has 0 radical (unpaired) electrons. The second-order valence-corrected chi connectivity index (χ2v) is 5.15. The number of hydrogen-bond acceptors (Lipinski definition) is 2. The Balaban J connectivity index is 2.24. The van der Waals surface area contributed by atoms with Crippen molar-refractivity contribution in [1.29, 1.82) is 0 Å². The summed E-state index contributed by atoms with van der Waals surface area (Å²) in [5, 5.41) is 9.31. The van der Waals surface area contributed by atoms with E-state index in [4.69, 9.17) is 0 Å². The van der Waals surface area contributed by atoms with Gasteiger partial charge in [-0.15, -0.1) is 0 Å². The van der Waals surface area contributed by atoms with E-state index in [1.165, 1.54) is 11.1 Å². The van der Waals surface area contributed by atoms with Crippen LogP contribution < -0.4 is 0 Å². The van der Waals surface area contributed by atoms with Crippen LogP contribution in [0.3, 0.4) is 0 Å². The van der Waals surface area contributed by atoms with E-state index in [1.54, 1.807) is 0 Å². The molecule has 3 heteroatoms. The van der Waals surface area contributed by atoms with Crippen LogP contribution in [0.5, 0.6) is 0 Å². The SMILES string of the molecule is CC(C)CN1Cc2ccccc2CC1C(=O)O. The Kier molecular flexibility index (Phi) is 3.48. The van der Waals surface area contributed by atoms with Crippen molar-refractivity contribution in [2.45, 2.75) is 32.9 Å². The fourth-order valence-corrected chi connectivity index (χ4v) is 2.48. The normalized spacial score (nSPS) is 20.3. The summed E-state index contributed by atoms with van der Waals surface area (Å²) < 4.78 is 0. The van der Waals surface area contributed by atoms with Crippen molar-refractivity contribution in [3.63, 3.8) is 0 Å². The first-order valence-corrected chi connectivity index (χ1v) is 6.11. The van der Waals surface area contributed by atoms with Crippen molar-refractivity contribution < 1.29 is 9.90 Å². The quantitative estimate of drug-likeness (QED) is 0.869. The number of rotatable bonds is 3. The van der Waals surface area contributed by atoms with Gasteiger partial charge < -0.3 is 5.11 Å². The summed E-state index contributed by atoms with van der Waals surface area (Å²) in [5.41, 5.74) is 2.45. The molecule has 0 amide bonds. The lowest BCUT2D eigenvalue weighted by Gasteiger charge is -2.35. The van der Waals surface area contributed by atoms with Gasteiger partial charge in [0.25, 0.3) is 0 Å². The molecule has 0 aromatic heterocycles. The molecule has 1 aromatic carbocycles. The fraction of sp³-hybridized carbons (Fsp3) is 0.500. The Labute approximate surface area is 102 Å². The molecule has 0 aliphatic carbocycles. The Morgan fingerprint density at radius 3 is 2.65 bits per heavy atom. The van der Waals surface area contributed by atoms with E-state index in [1.807, 2.05) is 18.2 Å². The Morgan fingerprint density at radius 2 is 2.06 bits per heavy atom. The molecule has 1 aliphatic rings. The lowest BCUT2D eigenvalue weighted by molar-refractivity contribution is -0.144. The van der Waals surface area contributed by atoms with Gasteiger partial charge >= 0.3 is 5.97 Å². The van der Waals surface area contributed by atoms with Gasteiger partial charge in [0.2, 0.25) is 0 Å². The summed E-state index contributed by atoms with van der Waals surface area (Å²) in [7, 11) is 0. The molecular formula is C14H19NO2. The van der Waals surface area contributed by atoms with Crippen LogP contribution in [0.1, 0.15) is 25.0 Å². The van der Waals surface area contributed by atoms with Crippen LogP contribution in [0, 0.1) is 5.92 Å². The van der Waals surface area contributed by atoms with Gasteiger partial charge in [0.15, 0.2) is 0 Å². The molecule has 0 spiro atoms. The first-order chi connectivity index (χ1) is 8.08. The predicted octanol–water partition coefficient (Wildman–Crippen LogP) is 2.15. The minimum Gasteiger partial charge on any atom is -0.480 e. The molecule has 1 unspecified atom stereocenters. The number of aliphatic carboxylic acids is 1. The summed E-state index contributed by atoms with van der Waals surface area (Å²) in [6.07, 6.45) is 0.623. The highest BCUT2D eigenvalue weighted by molar-refractivity contribution is 5.74. The van der Waals surface area contributed by atoms with Crippen molar-refractivity contribution in [1.82, 2.24) is 4.90 Å². The lowest BCUT2D eigenvalue weighted by atomic mass is 9.93. The largest absolute Gasteiger partial charge is 0.480 e. The number of carboxylic acid groups (broad SMARTS) is 1. The topological polar surface area (TPSA) is 40.5 Å². The average Bonchev–Trinajstić information content (AvgIpc) is 2.27. The number of benzene rings is 1. The number of hydrogen-bond donors (Lipinski definition) is 1. The molecular weight excluding hydrogens is 214 g/mol. The van der Waals surface area contributed by atoms with Gasteiger partial charge in [0.1, 0.15) is 6.04 Å². The third-order valence-corrected chi connectivity index (χ3v) is 3.23. The maximum Gasteiger partial charge on any atom is 0.321 e. The second-order valence-electron chi connectivity index (χ2n) is 5.15. The summed E-state index contributed by atoms with van der Waals surface area (Å²) in [5.74, 6) is -0.220. The van der Waals surface area contributed by atoms with Crippen LogP contribution in [-0.4, -0.2) is 28.6 Å². The number of nitrogens with zero attached hydrogens (tertiary/aromatic N) is 1. The van der Waals surface area contributed by atoms with Crippen LogP contribution in [0.2, 0.25) is 0 Å². The zero-order chi connectivity index (χ0) is 12.4. The standard InChI is InChI=1S/C14H19NO2/c1-10(2)8-15-9-12-6-4-3-5-11(12)7-13(15)14(16)17/h3-6,10,13H,7-9H2,1-2H3,(H,16,17). The summed E-state index contributed by atoms with van der Waals surface area (Å²) >= 11 is 0. The van der Waals surface area contributed by atoms with Gasteiger partial charge in [0.05, 0.1) is 0 Å². The van der Waals surface area contributed by atoms with E-state index in [9.17, 15) is 9.90 Å². The molecule has 1 heterocycles. The predicted molar refractivity (Wildman–Crippen MR) is 66.8 cm³/mol. The highest BCUT2D eigenvalue weighted by Gasteiger charge is 2.31. The average molecular weight is 233 g/mol. The number of fused-ring (bicyclic) bond motifs is 1. The van der Waals surface area contributed by atoms with Crippen LogP contribution >= 0.6 is 0 Å². The van der Waals surface area contributed by atoms with E-state index in [0.29, 0.717) is 12.3 Å². The van der Waals surface area contributed by atoms with Crippen LogP contribution in [0.4, 0.5) is 0 Å². The van der Waals surface area contributed by atoms with E-state index in [2.05, 4.69) is 24.8 Å². The van der Waals surface area contributed by atoms with Gasteiger partial charge in [-0.05, 0) is 23.5 Å². The maximum absolute atomic E-state index is 11.3. The van der Waals surface area contributed by atoms with Gasteiger partial charge in [0, 0.05) is 13.1 Å². The van der Waals surface area contributed by atoms with Gasteiger partial charge in [-0.1, -0.05) is 38.1 Å². The molecule has 17 heavy (non-hydrogen) atoms. The van der Waals surface area contributed by atoms with E-state index in [-0.39, 0.29) is 6.04 Å². The zero-order valence-corrected chi connectivity index (χ0v) is 10.4. The summed E-state index contributed by atoms with van der Waals surface area (Å²) in [6, 6.07) is 7.77. The Bertz CT molecular complexity index is 414. The third-order valence-electron chi connectivity index (χ3n) is 3.23. The molecule has 0 saturated carbocycles. The van der Waals surface area contributed by atoms with Crippen LogP contribution in [0.15, 0.2) is 24.3 Å². The molecule has 0 saturated heterocycles. The molecule has 92 valence electrons. The van der Waals surface area contributed by atoms with Crippen LogP contribution in [-0.2, 0) is 17.8 Å². The minimum absolute atomic E-state index is 0.368.